The van der Waals surface area contributed by atoms with Gasteiger partial charge in [-0.2, -0.15) is 0 Å². The minimum Gasteiger partial charge on any atom is -0.497 e. The third-order valence-electron chi connectivity index (χ3n) is 2.56. The number of rotatable bonds is 5. The van der Waals surface area contributed by atoms with Crippen molar-refractivity contribution >= 4 is 12.4 Å². The molecule has 0 heterocycles. The van der Waals surface area contributed by atoms with Crippen LogP contribution >= 0.6 is 12.4 Å². The summed E-state index contributed by atoms with van der Waals surface area (Å²) in [6.07, 6.45) is 3.79. The van der Waals surface area contributed by atoms with E-state index in [1.807, 2.05) is 24.3 Å². The molecule has 3 heteroatoms. The summed E-state index contributed by atoms with van der Waals surface area (Å²) in [7, 11) is 1.67. The zero-order chi connectivity index (χ0) is 11.3. The third-order valence-corrected chi connectivity index (χ3v) is 2.56. The summed E-state index contributed by atoms with van der Waals surface area (Å²) < 4.78 is 5.15. The monoisotopic (exact) mass is 241 g/mol. The van der Waals surface area contributed by atoms with Crippen molar-refractivity contribution in [2.24, 2.45) is 5.73 Å². The van der Waals surface area contributed by atoms with E-state index >= 15 is 0 Å². The van der Waals surface area contributed by atoms with E-state index in [-0.39, 0.29) is 18.4 Å². The Labute approximate surface area is 104 Å². The van der Waals surface area contributed by atoms with Crippen molar-refractivity contribution in [1.82, 2.24) is 0 Å². The first-order valence-electron chi connectivity index (χ1n) is 5.20. The first kappa shape index (κ1) is 15.0. The smallest absolute Gasteiger partial charge is 0.119 e. The quantitative estimate of drug-likeness (QED) is 0.802. The molecule has 0 unspecified atom stereocenters. The van der Waals surface area contributed by atoms with E-state index in [2.05, 4.69) is 13.5 Å². The van der Waals surface area contributed by atoms with Crippen molar-refractivity contribution in [2.45, 2.75) is 25.8 Å². The first-order valence-corrected chi connectivity index (χ1v) is 5.20. The number of allylic oxidation sites excluding steroid dienone is 1. The van der Waals surface area contributed by atoms with Crippen LogP contribution in [0.2, 0.25) is 0 Å². The number of ether oxygens (including phenoxy) is 1. The highest BCUT2D eigenvalue weighted by Crippen LogP contribution is 2.23. The zero-order valence-corrected chi connectivity index (χ0v) is 10.7. The summed E-state index contributed by atoms with van der Waals surface area (Å²) in [4.78, 5) is 0. The van der Waals surface area contributed by atoms with Gasteiger partial charge < -0.3 is 10.5 Å². The van der Waals surface area contributed by atoms with Crippen LogP contribution in [0, 0.1) is 6.92 Å². The Morgan fingerprint density at radius 1 is 1.50 bits per heavy atom. The molecule has 0 aromatic heterocycles. The second-order valence-corrected chi connectivity index (χ2v) is 3.70. The summed E-state index contributed by atoms with van der Waals surface area (Å²) in [6, 6.07) is 6.11. The normalized spacial score (nSPS) is 11.4. The van der Waals surface area contributed by atoms with Crippen LogP contribution in [0.1, 0.15) is 30.0 Å². The Balaban J connectivity index is 0.00000225. The molecule has 0 saturated carbocycles. The molecule has 0 radical (unpaired) electrons. The van der Waals surface area contributed by atoms with Crippen molar-refractivity contribution in [2.75, 3.05) is 7.11 Å². The molecule has 0 aliphatic heterocycles. The highest BCUT2D eigenvalue weighted by molar-refractivity contribution is 5.85. The maximum Gasteiger partial charge on any atom is 0.119 e. The van der Waals surface area contributed by atoms with Gasteiger partial charge in [-0.3, -0.25) is 0 Å². The maximum absolute atomic E-state index is 6.08. The van der Waals surface area contributed by atoms with E-state index in [1.165, 1.54) is 11.1 Å². The molecule has 1 aromatic carbocycles. The summed E-state index contributed by atoms with van der Waals surface area (Å²) in [5, 5.41) is 0. The van der Waals surface area contributed by atoms with Crippen LogP contribution in [0.4, 0.5) is 0 Å². The molecule has 1 aromatic rings. The van der Waals surface area contributed by atoms with Gasteiger partial charge in [-0.1, -0.05) is 12.1 Å². The van der Waals surface area contributed by atoms with Crippen LogP contribution in [-0.2, 0) is 0 Å². The fraction of sp³-hybridized carbons (Fsp3) is 0.385. The van der Waals surface area contributed by atoms with Crippen LogP contribution in [0.5, 0.6) is 5.75 Å². The fourth-order valence-corrected chi connectivity index (χ4v) is 1.64. The highest BCUT2D eigenvalue weighted by Gasteiger charge is 2.08. The number of halogens is 1. The SMILES string of the molecule is C=CCC[C@@H](N)c1ccc(OC)cc1C.Cl. The van der Waals surface area contributed by atoms with E-state index in [0.29, 0.717) is 0 Å². The molecule has 2 N–H and O–H groups in total. The lowest BCUT2D eigenvalue weighted by atomic mass is 9.98. The van der Waals surface area contributed by atoms with E-state index in [0.717, 1.165) is 18.6 Å². The number of hydrogen-bond donors (Lipinski definition) is 1. The summed E-state index contributed by atoms with van der Waals surface area (Å²) in [5.41, 5.74) is 8.46. The second-order valence-electron chi connectivity index (χ2n) is 3.70. The molecular formula is C13H20ClNO. The van der Waals surface area contributed by atoms with Crippen LogP contribution in [0.3, 0.4) is 0 Å². The van der Waals surface area contributed by atoms with Gasteiger partial charge in [0.1, 0.15) is 5.75 Å². The van der Waals surface area contributed by atoms with E-state index in [4.69, 9.17) is 10.5 Å². The van der Waals surface area contributed by atoms with Gasteiger partial charge in [0.2, 0.25) is 0 Å². The van der Waals surface area contributed by atoms with Gasteiger partial charge in [0.15, 0.2) is 0 Å². The van der Waals surface area contributed by atoms with Gasteiger partial charge in [-0.05, 0) is 43.0 Å². The molecule has 1 rings (SSSR count). The molecule has 2 nitrogen and oxygen atoms in total. The summed E-state index contributed by atoms with van der Waals surface area (Å²) in [6.45, 7) is 5.76. The maximum atomic E-state index is 6.08. The third kappa shape index (κ3) is 3.87. The number of hydrogen-bond acceptors (Lipinski definition) is 2. The molecule has 0 aliphatic rings. The Bertz CT molecular complexity index is 339. The molecule has 0 bridgehead atoms. The number of aryl methyl sites for hydroxylation is 1. The lowest BCUT2D eigenvalue weighted by Crippen LogP contribution is -2.11. The lowest BCUT2D eigenvalue weighted by Gasteiger charge is -2.14. The van der Waals surface area contributed by atoms with E-state index in [1.54, 1.807) is 7.11 Å². The Kier molecular flexibility index (Phi) is 6.86. The van der Waals surface area contributed by atoms with Gasteiger partial charge in [0.25, 0.3) is 0 Å². The molecule has 1 atom stereocenters. The fourth-order valence-electron chi connectivity index (χ4n) is 1.64. The molecule has 0 saturated heterocycles. The van der Waals surface area contributed by atoms with E-state index in [9.17, 15) is 0 Å². The molecule has 16 heavy (non-hydrogen) atoms. The van der Waals surface area contributed by atoms with Crippen molar-refractivity contribution in [3.63, 3.8) is 0 Å². The Morgan fingerprint density at radius 3 is 2.69 bits per heavy atom. The Morgan fingerprint density at radius 2 is 2.19 bits per heavy atom. The molecule has 0 aliphatic carbocycles. The van der Waals surface area contributed by atoms with Crippen molar-refractivity contribution in [1.29, 1.82) is 0 Å². The van der Waals surface area contributed by atoms with Crippen molar-refractivity contribution in [3.8, 4) is 5.75 Å². The van der Waals surface area contributed by atoms with Gasteiger partial charge in [-0.25, -0.2) is 0 Å². The predicted molar refractivity (Wildman–Crippen MR) is 71.3 cm³/mol. The molecule has 0 fully saturated rings. The van der Waals surface area contributed by atoms with Crippen LogP contribution < -0.4 is 10.5 Å². The van der Waals surface area contributed by atoms with Crippen LogP contribution in [0.15, 0.2) is 30.9 Å². The van der Waals surface area contributed by atoms with Crippen molar-refractivity contribution < 1.29 is 4.74 Å². The van der Waals surface area contributed by atoms with Crippen LogP contribution in [0.25, 0.3) is 0 Å². The second kappa shape index (κ2) is 7.31. The predicted octanol–water partition coefficient (Wildman–Crippen LogP) is 3.39. The minimum atomic E-state index is 0. The number of benzene rings is 1. The zero-order valence-electron chi connectivity index (χ0n) is 9.90. The average molecular weight is 242 g/mol. The largest absolute Gasteiger partial charge is 0.497 e. The molecule has 0 spiro atoms. The summed E-state index contributed by atoms with van der Waals surface area (Å²) in [5.74, 6) is 0.882. The minimum absolute atomic E-state index is 0. The Hall–Kier alpha value is -0.990. The van der Waals surface area contributed by atoms with Crippen LogP contribution in [-0.4, -0.2) is 7.11 Å². The molecule has 90 valence electrons. The molecule has 0 amide bonds. The lowest BCUT2D eigenvalue weighted by molar-refractivity contribution is 0.414. The van der Waals surface area contributed by atoms with Gasteiger partial charge in [0.05, 0.1) is 7.11 Å². The standard InChI is InChI=1S/C13H19NO.ClH/c1-4-5-6-13(14)12-8-7-11(15-3)9-10(12)2;/h4,7-9,13H,1,5-6,14H2,2-3H3;1H/t13-;/m1./s1. The first-order chi connectivity index (χ1) is 7.19. The number of methoxy groups -OCH3 is 1. The summed E-state index contributed by atoms with van der Waals surface area (Å²) >= 11 is 0. The average Bonchev–Trinajstić information content (AvgIpc) is 2.25. The van der Waals surface area contributed by atoms with E-state index < -0.39 is 0 Å². The topological polar surface area (TPSA) is 35.2 Å². The van der Waals surface area contributed by atoms with Gasteiger partial charge in [0, 0.05) is 6.04 Å². The molecular weight excluding hydrogens is 222 g/mol. The highest BCUT2D eigenvalue weighted by atomic mass is 35.5. The van der Waals surface area contributed by atoms with Gasteiger partial charge >= 0.3 is 0 Å². The van der Waals surface area contributed by atoms with Gasteiger partial charge in [-0.15, -0.1) is 19.0 Å². The van der Waals surface area contributed by atoms with Crippen molar-refractivity contribution in [3.05, 3.63) is 42.0 Å². The number of nitrogens with two attached hydrogens (primary N) is 1.